The third-order valence-electron chi connectivity index (χ3n) is 4.14. The fourth-order valence-corrected chi connectivity index (χ4v) is 3.45. The lowest BCUT2D eigenvalue weighted by molar-refractivity contribution is 0.102. The minimum Gasteiger partial charge on any atom is -0.496 e. The van der Waals surface area contributed by atoms with Crippen LogP contribution in [0.15, 0.2) is 72.2 Å². The first-order valence-corrected chi connectivity index (χ1v) is 9.80. The molecule has 2 heterocycles. The van der Waals surface area contributed by atoms with Gasteiger partial charge in [0.2, 0.25) is 5.88 Å². The van der Waals surface area contributed by atoms with Crippen molar-refractivity contribution in [3.8, 4) is 28.6 Å². The van der Waals surface area contributed by atoms with Crippen LogP contribution >= 0.6 is 11.3 Å². The molecule has 0 spiro atoms. The number of nitrogens with one attached hydrogen (secondary N) is 1. The molecule has 1 N–H and O–H groups in total. The lowest BCUT2D eigenvalue weighted by Crippen LogP contribution is -2.13. The molecule has 150 valence electrons. The number of thiazole rings is 1. The smallest absolute Gasteiger partial charge is 0.262 e. The van der Waals surface area contributed by atoms with Gasteiger partial charge in [0.05, 0.1) is 12.8 Å². The third kappa shape index (κ3) is 4.28. The molecule has 0 unspecified atom stereocenters. The summed E-state index contributed by atoms with van der Waals surface area (Å²) in [6.45, 7) is 0. The van der Waals surface area contributed by atoms with Gasteiger partial charge in [0.15, 0.2) is 5.13 Å². The lowest BCUT2D eigenvalue weighted by atomic mass is 10.1. The summed E-state index contributed by atoms with van der Waals surface area (Å²) in [5, 5.41) is 4.82. The van der Waals surface area contributed by atoms with Crippen LogP contribution in [0.3, 0.4) is 0 Å². The highest BCUT2D eigenvalue weighted by Crippen LogP contribution is 2.33. The zero-order valence-electron chi connectivity index (χ0n) is 15.8. The monoisotopic (exact) mass is 421 g/mol. The van der Waals surface area contributed by atoms with E-state index >= 15 is 0 Å². The maximum atomic E-state index is 13.7. The molecule has 0 atom stereocenters. The molecule has 0 aliphatic heterocycles. The number of ether oxygens (including phenoxy) is 2. The molecule has 2 aromatic heterocycles. The molecule has 4 aromatic rings. The number of para-hydroxylation sites is 1. The molecule has 1 amide bonds. The van der Waals surface area contributed by atoms with Gasteiger partial charge in [-0.1, -0.05) is 18.2 Å². The summed E-state index contributed by atoms with van der Waals surface area (Å²) in [6, 6.07) is 16.5. The van der Waals surface area contributed by atoms with E-state index in [4.69, 9.17) is 9.47 Å². The van der Waals surface area contributed by atoms with Crippen LogP contribution in [0.1, 0.15) is 10.4 Å². The number of anilines is 1. The van der Waals surface area contributed by atoms with Gasteiger partial charge in [0.1, 0.15) is 22.9 Å². The second kappa shape index (κ2) is 8.71. The second-order valence-electron chi connectivity index (χ2n) is 6.11. The molecule has 6 nitrogen and oxygen atoms in total. The number of aromatic nitrogens is 2. The number of carbonyl (C=O) groups excluding carboxylic acids is 1. The van der Waals surface area contributed by atoms with Gasteiger partial charge in [-0.15, -0.1) is 11.3 Å². The van der Waals surface area contributed by atoms with Crippen molar-refractivity contribution in [2.45, 2.75) is 0 Å². The number of pyridine rings is 1. The number of nitrogens with zero attached hydrogens (tertiary/aromatic N) is 2. The molecule has 0 radical (unpaired) electrons. The molecule has 2 aromatic carbocycles. The number of hydrogen-bond donors (Lipinski definition) is 1. The molecule has 0 fully saturated rings. The van der Waals surface area contributed by atoms with Crippen molar-refractivity contribution in [3.05, 3.63) is 83.6 Å². The number of benzene rings is 2. The number of halogens is 1. The minimum absolute atomic E-state index is 0.185. The Morgan fingerprint density at radius 2 is 1.93 bits per heavy atom. The van der Waals surface area contributed by atoms with Crippen LogP contribution in [0.2, 0.25) is 0 Å². The van der Waals surface area contributed by atoms with Crippen molar-refractivity contribution in [3.63, 3.8) is 0 Å². The number of carbonyl (C=O) groups is 1. The van der Waals surface area contributed by atoms with Gasteiger partial charge in [-0.05, 0) is 42.5 Å². The van der Waals surface area contributed by atoms with Crippen LogP contribution in [0.4, 0.5) is 9.52 Å². The summed E-state index contributed by atoms with van der Waals surface area (Å²) in [5.41, 5.74) is 1.27. The van der Waals surface area contributed by atoms with E-state index in [0.29, 0.717) is 27.9 Å². The molecule has 0 saturated heterocycles. The molecular weight excluding hydrogens is 405 g/mol. The van der Waals surface area contributed by atoms with Gasteiger partial charge >= 0.3 is 0 Å². The van der Waals surface area contributed by atoms with E-state index in [2.05, 4.69) is 15.3 Å². The van der Waals surface area contributed by atoms with Gasteiger partial charge in [-0.25, -0.2) is 14.4 Å². The SMILES string of the molecule is COc1ccc(F)cc1-c1csc(NC(=O)c2cccnc2Oc2ccccc2)n1. The Balaban J connectivity index is 1.56. The van der Waals surface area contributed by atoms with Crippen molar-refractivity contribution in [1.29, 1.82) is 0 Å². The largest absolute Gasteiger partial charge is 0.496 e. The quantitative estimate of drug-likeness (QED) is 0.451. The Hall–Kier alpha value is -3.78. The van der Waals surface area contributed by atoms with E-state index in [1.165, 1.54) is 36.6 Å². The Bertz CT molecular complexity index is 1180. The first kappa shape index (κ1) is 19.5. The van der Waals surface area contributed by atoms with E-state index in [-0.39, 0.29) is 11.4 Å². The fourth-order valence-electron chi connectivity index (χ4n) is 2.74. The van der Waals surface area contributed by atoms with Crippen molar-refractivity contribution >= 4 is 22.4 Å². The Kier molecular flexibility index (Phi) is 5.67. The number of rotatable bonds is 6. The molecule has 0 aliphatic rings. The molecule has 0 bridgehead atoms. The van der Waals surface area contributed by atoms with E-state index in [0.717, 1.165) is 0 Å². The van der Waals surface area contributed by atoms with Gasteiger partial charge in [-0.2, -0.15) is 0 Å². The predicted molar refractivity (Wildman–Crippen MR) is 113 cm³/mol. The van der Waals surface area contributed by atoms with Crippen LogP contribution in [0.25, 0.3) is 11.3 Å². The first-order chi connectivity index (χ1) is 14.6. The van der Waals surface area contributed by atoms with Crippen LogP contribution < -0.4 is 14.8 Å². The van der Waals surface area contributed by atoms with Crippen LogP contribution in [-0.2, 0) is 0 Å². The van der Waals surface area contributed by atoms with Gasteiger partial charge < -0.3 is 9.47 Å². The topological polar surface area (TPSA) is 73.3 Å². The Labute approximate surface area is 176 Å². The van der Waals surface area contributed by atoms with Crippen molar-refractivity contribution in [2.75, 3.05) is 12.4 Å². The van der Waals surface area contributed by atoms with E-state index in [9.17, 15) is 9.18 Å². The van der Waals surface area contributed by atoms with Gasteiger partial charge in [0, 0.05) is 17.1 Å². The second-order valence-corrected chi connectivity index (χ2v) is 6.97. The third-order valence-corrected chi connectivity index (χ3v) is 4.89. The van der Waals surface area contributed by atoms with Crippen molar-refractivity contribution < 1.29 is 18.7 Å². The predicted octanol–water partition coefficient (Wildman–Crippen LogP) is 5.40. The number of amides is 1. The van der Waals surface area contributed by atoms with E-state index < -0.39 is 11.7 Å². The minimum atomic E-state index is -0.416. The number of hydrogen-bond acceptors (Lipinski definition) is 6. The highest BCUT2D eigenvalue weighted by Gasteiger charge is 2.17. The maximum Gasteiger partial charge on any atom is 0.262 e. The standard InChI is InChI=1S/C22H16FN3O3S/c1-28-19-10-9-14(23)12-17(19)18-13-30-22(25-18)26-20(27)16-8-5-11-24-21(16)29-15-6-3-2-4-7-15/h2-13H,1H3,(H,25,26,27). The molecule has 30 heavy (non-hydrogen) atoms. The van der Waals surface area contributed by atoms with Crippen LogP contribution in [0.5, 0.6) is 17.4 Å². The summed E-state index contributed by atoms with van der Waals surface area (Å²) >= 11 is 1.22. The van der Waals surface area contributed by atoms with Gasteiger partial charge in [-0.3, -0.25) is 10.1 Å². The first-order valence-electron chi connectivity index (χ1n) is 8.93. The Morgan fingerprint density at radius 3 is 2.73 bits per heavy atom. The lowest BCUT2D eigenvalue weighted by Gasteiger charge is -2.09. The molecule has 4 rings (SSSR count). The zero-order chi connectivity index (χ0) is 20.9. The summed E-state index contributed by atoms with van der Waals surface area (Å²) < 4.78 is 24.7. The highest BCUT2D eigenvalue weighted by molar-refractivity contribution is 7.14. The van der Waals surface area contributed by atoms with Crippen LogP contribution in [0, 0.1) is 5.82 Å². The summed E-state index contributed by atoms with van der Waals surface area (Å²) in [5.74, 6) is 0.429. The molecule has 0 aliphatic carbocycles. The maximum absolute atomic E-state index is 13.7. The highest BCUT2D eigenvalue weighted by atomic mass is 32.1. The van der Waals surface area contributed by atoms with E-state index in [1.807, 2.05) is 18.2 Å². The van der Waals surface area contributed by atoms with Gasteiger partial charge in [0.25, 0.3) is 5.91 Å². The average molecular weight is 421 g/mol. The Morgan fingerprint density at radius 1 is 1.10 bits per heavy atom. The average Bonchev–Trinajstić information content (AvgIpc) is 3.23. The van der Waals surface area contributed by atoms with Crippen LogP contribution in [-0.4, -0.2) is 23.0 Å². The number of methoxy groups -OCH3 is 1. The van der Waals surface area contributed by atoms with E-state index in [1.54, 1.807) is 35.8 Å². The molecule has 8 heteroatoms. The summed E-state index contributed by atoms with van der Waals surface area (Å²) in [6.07, 6.45) is 1.55. The van der Waals surface area contributed by atoms with Crippen molar-refractivity contribution in [1.82, 2.24) is 9.97 Å². The normalized spacial score (nSPS) is 10.5. The zero-order valence-corrected chi connectivity index (χ0v) is 16.7. The molecular formula is C22H16FN3O3S. The summed E-state index contributed by atoms with van der Waals surface area (Å²) in [4.78, 5) is 21.4. The van der Waals surface area contributed by atoms with Crippen molar-refractivity contribution in [2.24, 2.45) is 0 Å². The fraction of sp³-hybridized carbons (Fsp3) is 0.0455. The molecule has 0 saturated carbocycles. The summed E-state index contributed by atoms with van der Waals surface area (Å²) in [7, 11) is 1.50.